The van der Waals surface area contributed by atoms with E-state index in [1.54, 1.807) is 24.3 Å². The molecule has 0 saturated carbocycles. The van der Waals surface area contributed by atoms with Crippen LogP contribution in [0.25, 0.3) is 22.3 Å². The summed E-state index contributed by atoms with van der Waals surface area (Å²) in [5.41, 5.74) is 1.55. The van der Waals surface area contributed by atoms with Crippen molar-refractivity contribution < 1.29 is 14.7 Å². The second-order valence-corrected chi connectivity index (χ2v) is 6.48. The molecule has 152 valence electrons. The summed E-state index contributed by atoms with van der Waals surface area (Å²) in [5.74, 6) is -0.925. The van der Waals surface area contributed by atoms with Gasteiger partial charge in [0.15, 0.2) is 5.56 Å². The lowest BCUT2D eigenvalue weighted by Gasteiger charge is -2.14. The summed E-state index contributed by atoms with van der Waals surface area (Å²) in [6, 6.07) is 16.4. The van der Waals surface area contributed by atoms with Gasteiger partial charge < -0.3 is 15.3 Å². The highest BCUT2D eigenvalue weighted by molar-refractivity contribution is 6.04. The van der Waals surface area contributed by atoms with Crippen LogP contribution in [-0.4, -0.2) is 33.0 Å². The molecular formula is C22H15N5O4. The van der Waals surface area contributed by atoms with E-state index < -0.39 is 17.1 Å². The first-order valence-corrected chi connectivity index (χ1v) is 9.08. The number of carbonyl (C=O) groups excluding carboxylic acids is 1. The van der Waals surface area contributed by atoms with E-state index in [9.17, 15) is 14.8 Å². The highest BCUT2D eigenvalue weighted by Crippen LogP contribution is 2.29. The second kappa shape index (κ2) is 7.96. The number of carbonyl (C=O) groups is 1. The number of fused-ring (bicyclic) bond motifs is 1. The number of nitrogens with one attached hydrogen (secondary N) is 1. The van der Waals surface area contributed by atoms with Crippen molar-refractivity contribution in [2.24, 2.45) is 0 Å². The van der Waals surface area contributed by atoms with Gasteiger partial charge in [-0.05, 0) is 35.4 Å². The third-order valence-electron chi connectivity index (χ3n) is 4.64. The smallest absolute Gasteiger partial charge is 0.345 e. The fourth-order valence-electron chi connectivity index (χ4n) is 3.16. The first-order valence-electron chi connectivity index (χ1n) is 9.08. The summed E-state index contributed by atoms with van der Waals surface area (Å²) < 4.78 is 5.01. The molecule has 2 aromatic carbocycles. The van der Waals surface area contributed by atoms with Crippen molar-refractivity contribution in [1.82, 2.24) is 14.7 Å². The Morgan fingerprint density at radius 2 is 1.87 bits per heavy atom. The molecule has 0 aliphatic heterocycles. The van der Waals surface area contributed by atoms with Crippen LogP contribution in [0.5, 0.6) is 0 Å². The lowest BCUT2D eigenvalue weighted by molar-refractivity contribution is 0.0594. The molecule has 2 heterocycles. The molecule has 0 spiro atoms. The maximum atomic E-state index is 12.6. The molecule has 2 N–H and O–H groups in total. The lowest BCUT2D eigenvalue weighted by atomic mass is 10.0. The molecule has 4 rings (SSSR count). The molecule has 0 saturated heterocycles. The molecule has 0 fully saturated rings. The number of anilines is 2. The van der Waals surface area contributed by atoms with Crippen molar-refractivity contribution in [3.8, 4) is 17.2 Å². The number of pyridine rings is 1. The van der Waals surface area contributed by atoms with Gasteiger partial charge >= 0.3 is 11.5 Å². The van der Waals surface area contributed by atoms with E-state index in [4.69, 9.17) is 10.00 Å². The maximum absolute atomic E-state index is 12.6. The number of nitrogens with zero attached hydrogens (tertiary/aromatic N) is 4. The Kier molecular flexibility index (Phi) is 5.03. The molecule has 0 aliphatic carbocycles. The Morgan fingerprint density at radius 1 is 1.13 bits per heavy atom. The Morgan fingerprint density at radius 3 is 2.58 bits per heavy atom. The highest BCUT2D eigenvalue weighted by Gasteiger charge is 2.25. The third kappa shape index (κ3) is 3.54. The minimum Gasteiger partial charge on any atom is -0.465 e. The summed E-state index contributed by atoms with van der Waals surface area (Å²) in [6.45, 7) is 0. The van der Waals surface area contributed by atoms with Crippen molar-refractivity contribution in [1.29, 1.82) is 5.26 Å². The van der Waals surface area contributed by atoms with Crippen LogP contribution < -0.4 is 10.9 Å². The standard InChI is InChI=1S/C22H15N5O4/c1-31-22(29)17-18(19-20(25-10-9-24-19)27(30)21(17)28)26-16-4-2-3-15(11-16)14-7-5-13(12-23)6-8-14/h2-11,26,30H,1H3. The minimum absolute atomic E-state index is 0.0715. The number of aromatic nitrogens is 3. The van der Waals surface area contributed by atoms with Gasteiger partial charge in [0.1, 0.15) is 5.52 Å². The SMILES string of the molecule is COC(=O)c1c(Nc2cccc(-c3ccc(C#N)cc3)c2)c2nccnc2n(O)c1=O. The van der Waals surface area contributed by atoms with Crippen molar-refractivity contribution >= 4 is 28.5 Å². The normalized spacial score (nSPS) is 10.5. The molecular weight excluding hydrogens is 398 g/mol. The van der Waals surface area contributed by atoms with E-state index in [2.05, 4.69) is 21.4 Å². The summed E-state index contributed by atoms with van der Waals surface area (Å²) in [6.07, 6.45) is 2.70. The summed E-state index contributed by atoms with van der Waals surface area (Å²) in [4.78, 5) is 33.1. The number of ether oxygens (including phenoxy) is 1. The van der Waals surface area contributed by atoms with E-state index in [0.29, 0.717) is 11.3 Å². The van der Waals surface area contributed by atoms with Crippen LogP contribution in [0.2, 0.25) is 0 Å². The Hall–Kier alpha value is -4.71. The molecule has 0 aliphatic rings. The van der Waals surface area contributed by atoms with Gasteiger partial charge in [-0.2, -0.15) is 5.26 Å². The zero-order valence-corrected chi connectivity index (χ0v) is 16.2. The van der Waals surface area contributed by atoms with Gasteiger partial charge in [-0.25, -0.2) is 14.8 Å². The topological polar surface area (TPSA) is 130 Å². The average molecular weight is 413 g/mol. The molecule has 0 unspecified atom stereocenters. The largest absolute Gasteiger partial charge is 0.465 e. The molecule has 2 aromatic heterocycles. The van der Waals surface area contributed by atoms with Crippen LogP contribution >= 0.6 is 0 Å². The van der Waals surface area contributed by atoms with Gasteiger partial charge in [0.2, 0.25) is 5.65 Å². The van der Waals surface area contributed by atoms with Crippen LogP contribution in [-0.2, 0) is 4.74 Å². The van der Waals surface area contributed by atoms with Crippen molar-refractivity contribution in [3.63, 3.8) is 0 Å². The van der Waals surface area contributed by atoms with Gasteiger partial charge in [-0.1, -0.05) is 24.3 Å². The van der Waals surface area contributed by atoms with Crippen molar-refractivity contribution in [3.05, 3.63) is 82.4 Å². The predicted molar refractivity (Wildman–Crippen MR) is 112 cm³/mol. The van der Waals surface area contributed by atoms with Crippen LogP contribution in [0.1, 0.15) is 15.9 Å². The number of rotatable bonds is 4. The first kappa shape index (κ1) is 19.6. The average Bonchev–Trinajstić information content (AvgIpc) is 2.82. The maximum Gasteiger partial charge on any atom is 0.345 e. The minimum atomic E-state index is -0.981. The van der Waals surface area contributed by atoms with Crippen LogP contribution in [0.4, 0.5) is 11.4 Å². The molecule has 9 nitrogen and oxygen atoms in total. The summed E-state index contributed by atoms with van der Waals surface area (Å²) in [5, 5.41) is 22.2. The fourth-order valence-corrected chi connectivity index (χ4v) is 3.16. The van der Waals surface area contributed by atoms with Crippen LogP contribution in [0.3, 0.4) is 0 Å². The lowest BCUT2D eigenvalue weighted by Crippen LogP contribution is -2.28. The molecule has 4 aromatic rings. The van der Waals surface area contributed by atoms with Gasteiger partial charge in [0, 0.05) is 18.1 Å². The quantitative estimate of drug-likeness (QED) is 0.386. The van der Waals surface area contributed by atoms with Gasteiger partial charge in [0.25, 0.3) is 0 Å². The third-order valence-corrected chi connectivity index (χ3v) is 4.64. The van der Waals surface area contributed by atoms with Crippen LogP contribution in [0, 0.1) is 11.3 Å². The number of nitriles is 1. The van der Waals surface area contributed by atoms with Gasteiger partial charge in [-0.3, -0.25) is 4.79 Å². The molecule has 0 amide bonds. The molecule has 0 bridgehead atoms. The first-order chi connectivity index (χ1) is 15.0. The van der Waals surface area contributed by atoms with Crippen molar-refractivity contribution in [2.45, 2.75) is 0 Å². The predicted octanol–water partition coefficient (Wildman–Crippen LogP) is 3.10. The summed E-state index contributed by atoms with van der Waals surface area (Å²) >= 11 is 0. The van der Waals surface area contributed by atoms with E-state index in [1.165, 1.54) is 12.4 Å². The number of hydrogen-bond donors (Lipinski definition) is 2. The summed E-state index contributed by atoms with van der Waals surface area (Å²) in [7, 11) is 1.14. The van der Waals surface area contributed by atoms with Crippen molar-refractivity contribution in [2.75, 3.05) is 12.4 Å². The van der Waals surface area contributed by atoms with E-state index in [1.807, 2.05) is 24.3 Å². The van der Waals surface area contributed by atoms with E-state index in [-0.39, 0.29) is 21.6 Å². The molecule has 0 radical (unpaired) electrons. The number of esters is 1. The fraction of sp³-hybridized carbons (Fsp3) is 0.0455. The number of methoxy groups -OCH3 is 1. The Labute approximate surface area is 175 Å². The monoisotopic (exact) mass is 413 g/mol. The molecule has 31 heavy (non-hydrogen) atoms. The second-order valence-electron chi connectivity index (χ2n) is 6.48. The van der Waals surface area contributed by atoms with Gasteiger partial charge in [0.05, 0.1) is 24.4 Å². The number of hydrogen-bond acceptors (Lipinski definition) is 8. The van der Waals surface area contributed by atoms with Gasteiger partial charge in [-0.15, -0.1) is 4.73 Å². The molecule has 9 heteroatoms. The number of benzene rings is 2. The molecule has 0 atom stereocenters. The highest BCUT2D eigenvalue weighted by atomic mass is 16.5. The Bertz CT molecular complexity index is 1400. The zero-order valence-electron chi connectivity index (χ0n) is 16.2. The Balaban J connectivity index is 1.85. The van der Waals surface area contributed by atoms with E-state index >= 15 is 0 Å². The van der Waals surface area contributed by atoms with Crippen LogP contribution in [0.15, 0.2) is 65.7 Å². The zero-order chi connectivity index (χ0) is 22.0. The van der Waals surface area contributed by atoms with E-state index in [0.717, 1.165) is 18.2 Å².